The van der Waals surface area contributed by atoms with Gasteiger partial charge < -0.3 is 10.2 Å². The predicted molar refractivity (Wildman–Crippen MR) is 162 cm³/mol. The first-order valence-corrected chi connectivity index (χ1v) is 15.3. The number of unbranched alkanes of at least 4 members (excludes halogenated alkanes) is 3. The third-order valence-corrected chi connectivity index (χ3v) is 8.53. The Bertz CT molecular complexity index is 697. The van der Waals surface area contributed by atoms with Crippen LogP contribution in [0.15, 0.2) is 25.3 Å². The van der Waals surface area contributed by atoms with Gasteiger partial charge in [0.25, 0.3) is 0 Å². The molecule has 2 fully saturated rings. The van der Waals surface area contributed by atoms with Crippen LogP contribution in [0, 0.1) is 0 Å². The highest BCUT2D eigenvalue weighted by Crippen LogP contribution is 2.41. The first kappa shape index (κ1) is 33.4. The van der Waals surface area contributed by atoms with Gasteiger partial charge in [-0.05, 0) is 114 Å². The van der Waals surface area contributed by atoms with E-state index in [1.165, 1.54) is 32.2 Å². The summed E-state index contributed by atoms with van der Waals surface area (Å²) in [6.45, 7) is 33.0. The fraction of sp³-hybridized carbons (Fsp3) is 0.875. The van der Waals surface area contributed by atoms with Gasteiger partial charge >= 0.3 is 0 Å². The van der Waals surface area contributed by atoms with Crippen molar-refractivity contribution in [2.24, 2.45) is 0 Å². The van der Waals surface area contributed by atoms with Crippen LogP contribution in [0.3, 0.4) is 0 Å². The molecule has 6 heteroatoms. The zero-order chi connectivity index (χ0) is 28.6. The van der Waals surface area contributed by atoms with Gasteiger partial charge in [-0.3, -0.25) is 9.68 Å². The second kappa shape index (κ2) is 14.2. The number of hydrogen-bond acceptors (Lipinski definition) is 6. The van der Waals surface area contributed by atoms with Gasteiger partial charge in [-0.2, -0.15) is 10.1 Å². The van der Waals surface area contributed by atoms with Crippen LogP contribution in [0.5, 0.6) is 0 Å². The Kier molecular flexibility index (Phi) is 12.5. The lowest BCUT2D eigenvalue weighted by Crippen LogP contribution is -2.64. The van der Waals surface area contributed by atoms with Crippen LogP contribution in [0.25, 0.3) is 0 Å². The van der Waals surface area contributed by atoms with Crippen molar-refractivity contribution in [3.05, 3.63) is 25.3 Å². The van der Waals surface area contributed by atoms with Gasteiger partial charge in [0.15, 0.2) is 0 Å². The minimum Gasteiger partial charge on any atom is -0.314 e. The Morgan fingerprint density at radius 1 is 0.737 bits per heavy atom. The molecule has 2 aliphatic heterocycles. The third-order valence-electron chi connectivity index (χ3n) is 8.53. The number of nitrogens with one attached hydrogen (secondary N) is 1. The van der Waals surface area contributed by atoms with E-state index in [0.717, 1.165) is 38.8 Å². The van der Waals surface area contributed by atoms with Gasteiger partial charge in [0.05, 0.1) is 13.2 Å². The topological polar surface area (TPSA) is 40.2 Å². The van der Waals surface area contributed by atoms with Crippen LogP contribution in [0.4, 0.5) is 0 Å². The maximum absolute atomic E-state index is 6.13. The summed E-state index contributed by atoms with van der Waals surface area (Å²) in [6, 6.07) is 1.13. The maximum Gasteiger partial charge on any atom is 0.0864 e. The summed E-state index contributed by atoms with van der Waals surface area (Å²) < 4.78 is 0. The van der Waals surface area contributed by atoms with Crippen molar-refractivity contribution in [2.75, 3.05) is 32.8 Å². The number of piperidine rings is 2. The summed E-state index contributed by atoms with van der Waals surface area (Å²) in [7, 11) is 0. The van der Waals surface area contributed by atoms with E-state index in [-0.39, 0.29) is 22.2 Å². The van der Waals surface area contributed by atoms with Crippen molar-refractivity contribution in [1.29, 1.82) is 0 Å². The fourth-order valence-electron chi connectivity index (χ4n) is 7.53. The van der Waals surface area contributed by atoms with Crippen LogP contribution >= 0.6 is 0 Å². The molecule has 0 amide bonds. The SMILES string of the molecule is C=CCON1C(C)(C)CC(NCCCCCCN(CC)C2CC(C)(C)N(OCC=C)C(C)(C)C2)CC1(C)C. The van der Waals surface area contributed by atoms with E-state index in [9.17, 15) is 0 Å². The third kappa shape index (κ3) is 9.14. The molecule has 2 aliphatic rings. The van der Waals surface area contributed by atoms with E-state index >= 15 is 0 Å². The Morgan fingerprint density at radius 3 is 1.63 bits per heavy atom. The lowest BCUT2D eigenvalue weighted by Gasteiger charge is -2.55. The molecule has 6 nitrogen and oxygen atoms in total. The molecule has 0 aromatic rings. The summed E-state index contributed by atoms with van der Waals surface area (Å²) in [4.78, 5) is 14.9. The molecule has 0 unspecified atom stereocenters. The van der Waals surface area contributed by atoms with Crippen molar-refractivity contribution in [3.8, 4) is 0 Å². The quantitative estimate of drug-likeness (QED) is 0.175. The normalized spacial score (nSPS) is 24.1. The summed E-state index contributed by atoms with van der Waals surface area (Å²) in [6.07, 6.45) is 13.3. The molecule has 2 heterocycles. The molecule has 38 heavy (non-hydrogen) atoms. The van der Waals surface area contributed by atoms with Gasteiger partial charge in [0.2, 0.25) is 0 Å². The molecule has 0 saturated carbocycles. The average molecular weight is 535 g/mol. The molecule has 0 atom stereocenters. The zero-order valence-electron chi connectivity index (χ0n) is 26.6. The Balaban J connectivity index is 1.73. The molecule has 0 aromatic heterocycles. The Morgan fingerprint density at radius 2 is 1.18 bits per heavy atom. The summed E-state index contributed by atoms with van der Waals surface area (Å²) >= 11 is 0. The lowest BCUT2D eigenvalue weighted by atomic mass is 9.78. The molecule has 0 bridgehead atoms. The van der Waals surface area contributed by atoms with E-state index in [1.807, 2.05) is 12.2 Å². The van der Waals surface area contributed by atoms with Gasteiger partial charge in [0.1, 0.15) is 0 Å². The highest BCUT2D eigenvalue weighted by Gasteiger charge is 2.48. The zero-order valence-corrected chi connectivity index (χ0v) is 26.6. The monoisotopic (exact) mass is 534 g/mol. The first-order chi connectivity index (χ1) is 17.7. The van der Waals surface area contributed by atoms with Crippen LogP contribution in [-0.2, 0) is 9.68 Å². The molecular weight excluding hydrogens is 472 g/mol. The van der Waals surface area contributed by atoms with Gasteiger partial charge in [-0.25, -0.2) is 0 Å². The van der Waals surface area contributed by atoms with E-state index < -0.39 is 0 Å². The highest BCUT2D eigenvalue weighted by atomic mass is 16.7. The number of hydrogen-bond donors (Lipinski definition) is 1. The van der Waals surface area contributed by atoms with Crippen LogP contribution < -0.4 is 5.32 Å². The Labute approximate surface area is 236 Å². The van der Waals surface area contributed by atoms with E-state index in [1.54, 1.807) is 0 Å². The standard InChI is InChI=1S/C32H62N4O2/c1-12-21-37-35-29(4,5)23-27(24-30(35,6)7)33-19-17-15-16-18-20-34(14-3)28-25-31(8,9)36(38-22-13-2)32(10,11)26-28/h12-13,27-28,33H,1-2,14-26H2,3-11H3. The minimum atomic E-state index is 0.00307. The largest absolute Gasteiger partial charge is 0.314 e. The van der Waals surface area contributed by atoms with Gasteiger partial charge in [-0.15, -0.1) is 13.2 Å². The van der Waals surface area contributed by atoms with Crippen molar-refractivity contribution >= 4 is 0 Å². The number of nitrogens with zero attached hydrogens (tertiary/aromatic N) is 3. The van der Waals surface area contributed by atoms with Crippen molar-refractivity contribution in [2.45, 2.75) is 148 Å². The molecule has 2 saturated heterocycles. The number of rotatable bonds is 16. The first-order valence-electron chi connectivity index (χ1n) is 15.3. The average Bonchev–Trinajstić information content (AvgIpc) is 2.78. The molecule has 0 radical (unpaired) electrons. The van der Waals surface area contributed by atoms with Crippen LogP contribution in [-0.4, -0.2) is 82.1 Å². The fourth-order valence-corrected chi connectivity index (χ4v) is 7.53. The van der Waals surface area contributed by atoms with Crippen molar-refractivity contribution in [3.63, 3.8) is 0 Å². The smallest absolute Gasteiger partial charge is 0.0864 e. The van der Waals surface area contributed by atoms with E-state index in [0.29, 0.717) is 25.3 Å². The molecule has 0 aromatic carbocycles. The van der Waals surface area contributed by atoms with Gasteiger partial charge in [-0.1, -0.05) is 31.9 Å². The molecule has 0 spiro atoms. The van der Waals surface area contributed by atoms with Crippen LogP contribution in [0.2, 0.25) is 0 Å². The minimum absolute atomic E-state index is 0.00307. The summed E-state index contributed by atoms with van der Waals surface area (Å²) in [5, 5.41) is 8.32. The van der Waals surface area contributed by atoms with Crippen molar-refractivity contribution < 1.29 is 9.68 Å². The Hall–Kier alpha value is -0.760. The highest BCUT2D eigenvalue weighted by molar-refractivity contribution is 5.01. The molecular formula is C32H62N4O2. The van der Waals surface area contributed by atoms with Gasteiger partial charge in [0, 0.05) is 34.2 Å². The molecule has 222 valence electrons. The maximum atomic E-state index is 6.13. The summed E-state index contributed by atoms with van der Waals surface area (Å²) in [5.41, 5.74) is 0.0172. The van der Waals surface area contributed by atoms with Crippen LogP contribution in [0.1, 0.15) is 114 Å². The van der Waals surface area contributed by atoms with E-state index in [2.05, 4.69) is 95.8 Å². The second-order valence-corrected chi connectivity index (χ2v) is 14.2. The number of hydroxylamine groups is 4. The summed E-state index contributed by atoms with van der Waals surface area (Å²) in [5.74, 6) is 0. The molecule has 0 aliphatic carbocycles. The van der Waals surface area contributed by atoms with Crippen molar-refractivity contribution in [1.82, 2.24) is 20.3 Å². The predicted octanol–water partition coefficient (Wildman–Crippen LogP) is 6.74. The lowest BCUT2D eigenvalue weighted by molar-refractivity contribution is -0.282. The second-order valence-electron chi connectivity index (χ2n) is 14.2. The molecule has 1 N–H and O–H groups in total. The van der Waals surface area contributed by atoms with E-state index in [4.69, 9.17) is 9.68 Å². The molecule has 2 rings (SSSR count).